The third kappa shape index (κ3) is 3.66. The van der Waals surface area contributed by atoms with E-state index in [0.717, 1.165) is 0 Å². The van der Waals surface area contributed by atoms with Crippen molar-refractivity contribution >= 4 is 37.6 Å². The third-order valence-electron chi connectivity index (χ3n) is 2.28. The molecule has 0 spiro atoms. The summed E-state index contributed by atoms with van der Waals surface area (Å²) in [5.41, 5.74) is 0. The molecule has 0 fully saturated rings. The summed E-state index contributed by atoms with van der Waals surface area (Å²) in [5.74, 6) is 0. The van der Waals surface area contributed by atoms with Gasteiger partial charge in [-0.15, -0.1) is 0 Å². The maximum absolute atomic E-state index is 12.1. The van der Waals surface area contributed by atoms with Crippen LogP contribution in [0.3, 0.4) is 0 Å². The fraction of sp³-hybridized carbons (Fsp3) is 0.400. The zero-order valence-corrected chi connectivity index (χ0v) is 12.7. The van der Waals surface area contributed by atoms with Gasteiger partial charge in [0, 0.05) is 24.6 Å². The predicted molar refractivity (Wildman–Crippen MR) is 72.9 cm³/mol. The van der Waals surface area contributed by atoms with Gasteiger partial charge in [-0.05, 0) is 41.2 Å². The van der Waals surface area contributed by atoms with Gasteiger partial charge >= 0.3 is 0 Å². The summed E-state index contributed by atoms with van der Waals surface area (Å²) in [6.45, 7) is 1.02. The minimum absolute atomic E-state index is 0.229. The highest BCUT2D eigenvalue weighted by Crippen LogP contribution is 2.26. The zero-order chi connectivity index (χ0) is 13.1. The monoisotopic (exact) mass is 340 g/mol. The first-order valence-corrected chi connectivity index (χ1v) is 7.56. The molecule has 1 N–H and O–H groups in total. The Morgan fingerprint density at radius 2 is 2.12 bits per heavy atom. The molecule has 0 atom stereocenters. The maximum Gasteiger partial charge on any atom is 0.242 e. The number of sulfonamides is 1. The zero-order valence-electron chi connectivity index (χ0n) is 9.57. The summed E-state index contributed by atoms with van der Waals surface area (Å²) in [6, 6.07) is 4.57. The first-order chi connectivity index (χ1) is 7.89. The molecule has 0 radical (unpaired) electrons. The first kappa shape index (κ1) is 14.9. The van der Waals surface area contributed by atoms with Gasteiger partial charge in [0.2, 0.25) is 10.0 Å². The molecule has 0 aliphatic heterocycles. The largest absolute Gasteiger partial charge is 0.318 e. The molecule has 0 aliphatic rings. The van der Waals surface area contributed by atoms with Crippen LogP contribution in [-0.2, 0) is 10.0 Å². The van der Waals surface area contributed by atoms with Crippen molar-refractivity contribution in [3.8, 4) is 0 Å². The Labute approximate surface area is 115 Å². The molecule has 17 heavy (non-hydrogen) atoms. The SMILES string of the molecule is CNCCN(C)S(=O)(=O)c1ccc(Cl)c(Br)c1. The molecule has 96 valence electrons. The van der Waals surface area contributed by atoms with Crippen LogP contribution >= 0.6 is 27.5 Å². The van der Waals surface area contributed by atoms with Crippen LogP contribution in [0.4, 0.5) is 0 Å². The second-order valence-electron chi connectivity index (χ2n) is 3.51. The van der Waals surface area contributed by atoms with E-state index < -0.39 is 10.0 Å². The van der Waals surface area contributed by atoms with Crippen molar-refractivity contribution in [2.75, 3.05) is 27.2 Å². The van der Waals surface area contributed by atoms with Crippen molar-refractivity contribution in [2.24, 2.45) is 0 Å². The van der Waals surface area contributed by atoms with Crippen LogP contribution in [0, 0.1) is 0 Å². The predicted octanol–water partition coefficient (Wildman–Crippen LogP) is 1.94. The first-order valence-electron chi connectivity index (χ1n) is 4.95. The van der Waals surface area contributed by atoms with Crippen LogP contribution in [0.2, 0.25) is 5.02 Å². The second kappa shape index (κ2) is 6.15. The highest BCUT2D eigenvalue weighted by atomic mass is 79.9. The molecule has 0 heterocycles. The van der Waals surface area contributed by atoms with E-state index in [0.29, 0.717) is 22.6 Å². The molecule has 1 aromatic carbocycles. The number of nitrogens with zero attached hydrogens (tertiary/aromatic N) is 1. The van der Waals surface area contributed by atoms with Gasteiger partial charge in [-0.2, -0.15) is 4.31 Å². The normalized spacial score (nSPS) is 12.1. The lowest BCUT2D eigenvalue weighted by Crippen LogP contribution is -2.32. The molecule has 1 rings (SSSR count). The van der Waals surface area contributed by atoms with Gasteiger partial charge in [0.05, 0.1) is 9.92 Å². The average Bonchev–Trinajstić information content (AvgIpc) is 2.29. The summed E-state index contributed by atoms with van der Waals surface area (Å²) < 4.78 is 26.1. The summed E-state index contributed by atoms with van der Waals surface area (Å²) in [7, 11) is -0.118. The van der Waals surface area contributed by atoms with E-state index >= 15 is 0 Å². The summed E-state index contributed by atoms with van der Waals surface area (Å²) in [6.07, 6.45) is 0. The Bertz CT molecular complexity index is 493. The van der Waals surface area contributed by atoms with Gasteiger partial charge in [0.15, 0.2) is 0 Å². The molecular weight excluding hydrogens is 328 g/mol. The number of hydrogen-bond donors (Lipinski definition) is 1. The molecule has 0 saturated carbocycles. The number of likely N-dealkylation sites (N-methyl/N-ethyl adjacent to an activating group) is 2. The molecule has 0 saturated heterocycles. The van der Waals surface area contributed by atoms with Gasteiger partial charge < -0.3 is 5.32 Å². The molecule has 0 aromatic heterocycles. The Hall–Kier alpha value is -0.140. The van der Waals surface area contributed by atoms with Crippen LogP contribution in [0.5, 0.6) is 0 Å². The van der Waals surface area contributed by atoms with Crippen LogP contribution in [0.1, 0.15) is 0 Å². The Morgan fingerprint density at radius 3 is 2.65 bits per heavy atom. The van der Waals surface area contributed by atoms with Gasteiger partial charge in [0.1, 0.15) is 0 Å². The van der Waals surface area contributed by atoms with E-state index in [2.05, 4.69) is 21.2 Å². The molecule has 0 amide bonds. The summed E-state index contributed by atoms with van der Waals surface area (Å²) in [4.78, 5) is 0.229. The van der Waals surface area contributed by atoms with E-state index in [4.69, 9.17) is 11.6 Å². The van der Waals surface area contributed by atoms with Crippen molar-refractivity contribution in [1.82, 2.24) is 9.62 Å². The number of rotatable bonds is 5. The van der Waals surface area contributed by atoms with Crippen molar-refractivity contribution < 1.29 is 8.42 Å². The smallest absolute Gasteiger partial charge is 0.242 e. The van der Waals surface area contributed by atoms with Crippen molar-refractivity contribution in [3.05, 3.63) is 27.7 Å². The van der Waals surface area contributed by atoms with Gasteiger partial charge in [0.25, 0.3) is 0 Å². The molecule has 7 heteroatoms. The average molecular weight is 342 g/mol. The number of nitrogens with one attached hydrogen (secondary N) is 1. The van der Waals surface area contributed by atoms with E-state index in [1.165, 1.54) is 16.4 Å². The number of halogens is 2. The van der Waals surface area contributed by atoms with Crippen LogP contribution in [0.15, 0.2) is 27.6 Å². The maximum atomic E-state index is 12.1. The van der Waals surface area contributed by atoms with E-state index in [1.54, 1.807) is 20.2 Å². The Balaban J connectivity index is 3.00. The van der Waals surface area contributed by atoms with Crippen LogP contribution in [-0.4, -0.2) is 39.9 Å². The molecule has 4 nitrogen and oxygen atoms in total. The van der Waals surface area contributed by atoms with E-state index in [-0.39, 0.29) is 4.90 Å². The van der Waals surface area contributed by atoms with Crippen molar-refractivity contribution in [2.45, 2.75) is 4.90 Å². The number of benzene rings is 1. The minimum Gasteiger partial charge on any atom is -0.318 e. The molecule has 0 bridgehead atoms. The Morgan fingerprint density at radius 1 is 1.47 bits per heavy atom. The lowest BCUT2D eigenvalue weighted by Gasteiger charge is -2.17. The van der Waals surface area contributed by atoms with Crippen LogP contribution < -0.4 is 5.32 Å². The van der Waals surface area contributed by atoms with Crippen LogP contribution in [0.25, 0.3) is 0 Å². The topological polar surface area (TPSA) is 49.4 Å². The molecule has 0 unspecified atom stereocenters. The van der Waals surface area contributed by atoms with Crippen molar-refractivity contribution in [1.29, 1.82) is 0 Å². The highest BCUT2D eigenvalue weighted by molar-refractivity contribution is 9.10. The summed E-state index contributed by atoms with van der Waals surface area (Å²) >= 11 is 9.04. The lowest BCUT2D eigenvalue weighted by molar-refractivity contribution is 0.466. The molecule has 0 aliphatic carbocycles. The van der Waals surface area contributed by atoms with Gasteiger partial charge in [-0.3, -0.25) is 0 Å². The quantitative estimate of drug-likeness (QED) is 0.890. The van der Waals surface area contributed by atoms with Gasteiger partial charge in [-0.25, -0.2) is 8.42 Å². The Kier molecular flexibility index (Phi) is 5.40. The minimum atomic E-state index is -3.45. The highest BCUT2D eigenvalue weighted by Gasteiger charge is 2.20. The summed E-state index contributed by atoms with van der Waals surface area (Å²) in [5, 5.41) is 3.39. The van der Waals surface area contributed by atoms with E-state index in [9.17, 15) is 8.42 Å². The van der Waals surface area contributed by atoms with Gasteiger partial charge in [-0.1, -0.05) is 11.6 Å². The fourth-order valence-electron chi connectivity index (χ4n) is 1.21. The number of hydrogen-bond acceptors (Lipinski definition) is 3. The fourth-order valence-corrected chi connectivity index (χ4v) is 3.05. The molecule has 1 aromatic rings. The van der Waals surface area contributed by atoms with Crippen molar-refractivity contribution in [3.63, 3.8) is 0 Å². The standard InChI is InChI=1S/C10H14BrClN2O2S/c1-13-5-6-14(2)17(15,16)8-3-4-10(12)9(11)7-8/h3-4,7,13H,5-6H2,1-2H3. The molecular formula is C10H14BrClN2O2S. The van der Waals surface area contributed by atoms with E-state index in [1.807, 2.05) is 0 Å². The second-order valence-corrected chi connectivity index (χ2v) is 6.81. The third-order valence-corrected chi connectivity index (χ3v) is 5.34. The lowest BCUT2D eigenvalue weighted by atomic mass is 10.4.